The van der Waals surface area contributed by atoms with E-state index in [0.717, 1.165) is 25.1 Å². The van der Waals surface area contributed by atoms with Crippen molar-refractivity contribution >= 4 is 17.6 Å². The summed E-state index contributed by atoms with van der Waals surface area (Å²) in [5.74, 6) is -0.961. The number of ether oxygens (including phenoxy) is 1. The number of aliphatic carboxylic acids is 1. The molecule has 1 saturated heterocycles. The number of rotatable bonds is 6. The second-order valence-electron chi connectivity index (χ2n) is 5.30. The first-order chi connectivity index (χ1) is 9.97. The summed E-state index contributed by atoms with van der Waals surface area (Å²) in [4.78, 5) is 22.6. The summed E-state index contributed by atoms with van der Waals surface area (Å²) >= 11 is 0. The average molecular weight is 295 g/mol. The molecule has 0 saturated carbocycles. The molecule has 21 heavy (non-hydrogen) atoms. The van der Waals surface area contributed by atoms with Gasteiger partial charge in [-0.25, -0.2) is 0 Å². The summed E-state index contributed by atoms with van der Waals surface area (Å²) in [5, 5.41) is 15.9. The minimum absolute atomic E-state index is 0.00522. The predicted octanol–water partition coefficient (Wildman–Crippen LogP) is 1.48. The monoisotopic (exact) mass is 295 g/mol. The SMILES string of the molecule is Cc1nn(CCC(=O)O)c(C)c1NC(=O)CC1CCCO1. The molecule has 0 aliphatic carbocycles. The lowest BCUT2D eigenvalue weighted by molar-refractivity contribution is -0.137. The minimum atomic E-state index is -0.869. The third-order valence-corrected chi connectivity index (χ3v) is 3.62. The Morgan fingerprint density at radius 3 is 2.86 bits per heavy atom. The van der Waals surface area contributed by atoms with Crippen LogP contribution < -0.4 is 5.32 Å². The van der Waals surface area contributed by atoms with Crippen LogP contribution >= 0.6 is 0 Å². The van der Waals surface area contributed by atoms with Crippen LogP contribution in [-0.2, 0) is 20.9 Å². The molecule has 1 aromatic rings. The fraction of sp³-hybridized carbons (Fsp3) is 0.643. The molecule has 1 aromatic heterocycles. The molecular weight excluding hydrogens is 274 g/mol. The van der Waals surface area contributed by atoms with E-state index in [1.165, 1.54) is 0 Å². The molecule has 0 spiro atoms. The highest BCUT2D eigenvalue weighted by Crippen LogP contribution is 2.21. The number of nitrogens with zero attached hydrogens (tertiary/aromatic N) is 2. The zero-order valence-electron chi connectivity index (χ0n) is 12.4. The van der Waals surface area contributed by atoms with Crippen molar-refractivity contribution < 1.29 is 19.4 Å². The number of aromatic nitrogens is 2. The number of carboxylic acid groups (broad SMARTS) is 1. The van der Waals surface area contributed by atoms with Crippen molar-refractivity contribution in [3.8, 4) is 0 Å². The number of aryl methyl sites for hydroxylation is 2. The van der Waals surface area contributed by atoms with Crippen molar-refractivity contribution in [2.75, 3.05) is 11.9 Å². The molecule has 2 rings (SSSR count). The number of hydrogen-bond acceptors (Lipinski definition) is 4. The highest BCUT2D eigenvalue weighted by Gasteiger charge is 2.21. The molecular formula is C14H21N3O4. The van der Waals surface area contributed by atoms with Gasteiger partial charge in [-0.3, -0.25) is 14.3 Å². The number of hydrogen-bond donors (Lipinski definition) is 2. The maximum atomic E-state index is 12.0. The van der Waals surface area contributed by atoms with Crippen LogP contribution in [0.5, 0.6) is 0 Å². The second-order valence-corrected chi connectivity index (χ2v) is 5.30. The van der Waals surface area contributed by atoms with Crippen LogP contribution in [0.2, 0.25) is 0 Å². The number of carboxylic acids is 1. The summed E-state index contributed by atoms with van der Waals surface area (Å²) in [7, 11) is 0. The lowest BCUT2D eigenvalue weighted by Crippen LogP contribution is -2.20. The van der Waals surface area contributed by atoms with E-state index in [1.807, 2.05) is 6.92 Å². The Morgan fingerprint density at radius 2 is 2.24 bits per heavy atom. The fourth-order valence-electron chi connectivity index (χ4n) is 2.50. The van der Waals surface area contributed by atoms with E-state index in [-0.39, 0.29) is 18.4 Å². The van der Waals surface area contributed by atoms with Gasteiger partial charge in [0, 0.05) is 6.61 Å². The Balaban J connectivity index is 1.98. The van der Waals surface area contributed by atoms with Crippen molar-refractivity contribution in [1.82, 2.24) is 9.78 Å². The smallest absolute Gasteiger partial charge is 0.305 e. The van der Waals surface area contributed by atoms with Crippen molar-refractivity contribution in [3.05, 3.63) is 11.4 Å². The van der Waals surface area contributed by atoms with Crippen molar-refractivity contribution in [1.29, 1.82) is 0 Å². The van der Waals surface area contributed by atoms with Crippen LogP contribution in [0.25, 0.3) is 0 Å². The standard InChI is InChI=1S/C14H21N3O4/c1-9-14(10(2)17(16-9)6-5-13(19)20)15-12(18)8-11-4-3-7-21-11/h11H,3-8H2,1-2H3,(H,15,18)(H,19,20). The van der Waals surface area contributed by atoms with Gasteiger partial charge in [-0.1, -0.05) is 0 Å². The first kappa shape index (κ1) is 15.5. The second kappa shape index (κ2) is 6.71. The molecule has 2 heterocycles. The van der Waals surface area contributed by atoms with E-state index in [9.17, 15) is 9.59 Å². The van der Waals surface area contributed by atoms with Crippen LogP contribution in [0, 0.1) is 13.8 Å². The lowest BCUT2D eigenvalue weighted by atomic mass is 10.1. The maximum absolute atomic E-state index is 12.0. The van der Waals surface area contributed by atoms with Gasteiger partial charge < -0.3 is 15.2 Å². The Labute approximate surface area is 123 Å². The molecule has 1 atom stereocenters. The zero-order chi connectivity index (χ0) is 15.4. The van der Waals surface area contributed by atoms with Gasteiger partial charge in [0.05, 0.1) is 42.6 Å². The molecule has 1 aliphatic rings. The van der Waals surface area contributed by atoms with Crippen molar-refractivity contribution in [2.45, 2.75) is 52.2 Å². The van der Waals surface area contributed by atoms with E-state index >= 15 is 0 Å². The molecule has 1 unspecified atom stereocenters. The fourth-order valence-corrected chi connectivity index (χ4v) is 2.50. The number of carbonyl (C=O) groups excluding carboxylic acids is 1. The molecule has 0 radical (unpaired) electrons. The molecule has 1 amide bonds. The highest BCUT2D eigenvalue weighted by molar-refractivity contribution is 5.92. The summed E-state index contributed by atoms with van der Waals surface area (Å²) < 4.78 is 7.06. The number of amides is 1. The molecule has 2 N–H and O–H groups in total. The van der Waals surface area contributed by atoms with Crippen LogP contribution in [0.3, 0.4) is 0 Å². The van der Waals surface area contributed by atoms with Gasteiger partial charge in [-0.2, -0.15) is 5.10 Å². The van der Waals surface area contributed by atoms with Gasteiger partial charge in [0.1, 0.15) is 0 Å². The summed E-state index contributed by atoms with van der Waals surface area (Å²) in [6, 6.07) is 0. The Bertz CT molecular complexity index is 533. The van der Waals surface area contributed by atoms with Gasteiger partial charge >= 0.3 is 5.97 Å². The van der Waals surface area contributed by atoms with E-state index in [1.54, 1.807) is 11.6 Å². The van der Waals surface area contributed by atoms with E-state index in [4.69, 9.17) is 9.84 Å². The summed E-state index contributed by atoms with van der Waals surface area (Å²) in [6.45, 7) is 4.64. The Hall–Kier alpha value is -1.89. The first-order valence-corrected chi connectivity index (χ1v) is 7.14. The van der Waals surface area contributed by atoms with Crippen LogP contribution in [0.1, 0.15) is 37.1 Å². The first-order valence-electron chi connectivity index (χ1n) is 7.14. The molecule has 116 valence electrons. The van der Waals surface area contributed by atoms with Gasteiger partial charge in [0.2, 0.25) is 5.91 Å². The zero-order valence-corrected chi connectivity index (χ0v) is 12.4. The molecule has 0 aromatic carbocycles. The van der Waals surface area contributed by atoms with Gasteiger partial charge in [-0.15, -0.1) is 0 Å². The summed E-state index contributed by atoms with van der Waals surface area (Å²) in [5.41, 5.74) is 2.14. The Morgan fingerprint density at radius 1 is 1.48 bits per heavy atom. The quantitative estimate of drug-likeness (QED) is 0.829. The molecule has 7 nitrogen and oxygen atoms in total. The van der Waals surface area contributed by atoms with Gasteiger partial charge in [-0.05, 0) is 26.7 Å². The lowest BCUT2D eigenvalue weighted by Gasteiger charge is -2.10. The normalized spacial score (nSPS) is 17.9. The van der Waals surface area contributed by atoms with Crippen molar-refractivity contribution in [2.24, 2.45) is 0 Å². The molecule has 1 fully saturated rings. The predicted molar refractivity (Wildman–Crippen MR) is 76.2 cm³/mol. The van der Waals surface area contributed by atoms with Gasteiger partial charge in [0.25, 0.3) is 0 Å². The molecule has 0 bridgehead atoms. The van der Waals surface area contributed by atoms with E-state index in [0.29, 0.717) is 24.3 Å². The number of anilines is 1. The third kappa shape index (κ3) is 4.04. The number of carbonyl (C=O) groups is 2. The summed E-state index contributed by atoms with van der Waals surface area (Å²) in [6.07, 6.45) is 2.28. The van der Waals surface area contributed by atoms with Crippen molar-refractivity contribution in [3.63, 3.8) is 0 Å². The molecule has 7 heteroatoms. The van der Waals surface area contributed by atoms with E-state index < -0.39 is 5.97 Å². The molecule has 1 aliphatic heterocycles. The Kier molecular flexibility index (Phi) is 4.95. The average Bonchev–Trinajstić information content (AvgIpc) is 3.00. The van der Waals surface area contributed by atoms with Crippen LogP contribution in [-0.4, -0.2) is 39.5 Å². The topological polar surface area (TPSA) is 93.5 Å². The van der Waals surface area contributed by atoms with Crippen LogP contribution in [0.4, 0.5) is 5.69 Å². The maximum Gasteiger partial charge on any atom is 0.305 e. The minimum Gasteiger partial charge on any atom is -0.481 e. The number of nitrogens with one attached hydrogen (secondary N) is 1. The van der Waals surface area contributed by atoms with E-state index in [2.05, 4.69) is 10.4 Å². The highest BCUT2D eigenvalue weighted by atomic mass is 16.5. The van der Waals surface area contributed by atoms with Crippen LogP contribution in [0.15, 0.2) is 0 Å². The largest absolute Gasteiger partial charge is 0.481 e. The third-order valence-electron chi connectivity index (χ3n) is 3.62. The van der Waals surface area contributed by atoms with Gasteiger partial charge in [0.15, 0.2) is 0 Å².